The Morgan fingerprint density at radius 2 is 2.04 bits per heavy atom. The normalized spacial score (nSPS) is 20.9. The molecule has 1 aliphatic carbocycles. The van der Waals surface area contributed by atoms with Gasteiger partial charge in [-0.05, 0) is 37.0 Å². The molecule has 23 heavy (non-hydrogen) atoms. The first-order chi connectivity index (χ1) is 10.7. The molecular weight excluding hydrogens is 320 g/mol. The first kappa shape index (κ1) is 17.2. The van der Waals surface area contributed by atoms with Crippen molar-refractivity contribution in [2.24, 2.45) is 10.6 Å². The van der Waals surface area contributed by atoms with E-state index in [0.29, 0.717) is 17.7 Å². The minimum absolute atomic E-state index is 0.130. The van der Waals surface area contributed by atoms with Gasteiger partial charge in [-0.25, -0.2) is 13.6 Å². The lowest BCUT2D eigenvalue weighted by atomic mass is 9.76. The first-order valence-corrected chi connectivity index (χ1v) is 8.74. The Balaban J connectivity index is 2.21. The predicted molar refractivity (Wildman–Crippen MR) is 84.9 cm³/mol. The second kappa shape index (κ2) is 6.51. The van der Waals surface area contributed by atoms with Crippen molar-refractivity contribution >= 4 is 27.6 Å². The second-order valence-corrected chi connectivity index (χ2v) is 7.18. The monoisotopic (exact) mass is 338 g/mol. The minimum atomic E-state index is -3.68. The third-order valence-corrected chi connectivity index (χ3v) is 4.50. The van der Waals surface area contributed by atoms with E-state index in [1.54, 1.807) is 24.3 Å². The molecule has 1 aromatic carbocycles. The van der Waals surface area contributed by atoms with Crippen molar-refractivity contribution in [3.05, 3.63) is 42.0 Å². The summed E-state index contributed by atoms with van der Waals surface area (Å²) >= 11 is 0. The first-order valence-electron chi connectivity index (χ1n) is 7.02. The number of carbonyl (C=O) groups is 2. The third-order valence-electron chi connectivity index (χ3n) is 3.77. The van der Waals surface area contributed by atoms with E-state index in [2.05, 4.69) is 5.32 Å². The highest BCUT2D eigenvalue weighted by Crippen LogP contribution is 2.34. The highest BCUT2D eigenvalue weighted by molar-refractivity contribution is 7.88. The number of allylic oxidation sites excluding steroid dienone is 2. The van der Waals surface area contributed by atoms with Crippen LogP contribution in [0.15, 0.2) is 36.4 Å². The Bertz CT molecular complexity index is 757. The highest BCUT2D eigenvalue weighted by Gasteiger charge is 2.45. The molecule has 1 aliphatic rings. The molecule has 0 fully saturated rings. The topological polar surface area (TPSA) is 127 Å². The van der Waals surface area contributed by atoms with Crippen LogP contribution in [-0.4, -0.2) is 25.4 Å². The van der Waals surface area contributed by atoms with E-state index in [-0.39, 0.29) is 18.6 Å². The van der Waals surface area contributed by atoms with Gasteiger partial charge in [0.05, 0.1) is 5.75 Å². The third kappa shape index (κ3) is 4.17. The molecule has 0 saturated carbocycles. The van der Waals surface area contributed by atoms with Gasteiger partial charge in [0.25, 0.3) is 0 Å². The fourth-order valence-corrected chi connectivity index (χ4v) is 3.20. The summed E-state index contributed by atoms with van der Waals surface area (Å²) < 4.78 is 22.3. The molecule has 0 bridgehead atoms. The summed E-state index contributed by atoms with van der Waals surface area (Å²) in [6.07, 6.45) is 4.41. The maximum Gasteiger partial charge on any atom is 0.319 e. The summed E-state index contributed by atoms with van der Waals surface area (Å²) in [7, 11) is -3.68. The van der Waals surface area contributed by atoms with E-state index in [0.717, 1.165) is 0 Å². The summed E-state index contributed by atoms with van der Waals surface area (Å²) in [5.74, 6) is -2.13. The van der Waals surface area contributed by atoms with Gasteiger partial charge in [0.2, 0.25) is 15.9 Å². The van der Waals surface area contributed by atoms with E-state index in [1.165, 1.54) is 6.07 Å². The number of hydrogen-bond donors (Lipinski definition) is 3. The summed E-state index contributed by atoms with van der Waals surface area (Å²) in [5, 5.41) is 17.0. The zero-order valence-corrected chi connectivity index (χ0v) is 13.2. The zero-order valence-electron chi connectivity index (χ0n) is 12.4. The smallest absolute Gasteiger partial charge is 0.319 e. The lowest BCUT2D eigenvalue weighted by Crippen LogP contribution is -2.43. The van der Waals surface area contributed by atoms with Gasteiger partial charge >= 0.3 is 5.97 Å². The average molecular weight is 338 g/mol. The number of aliphatic carboxylic acids is 1. The van der Waals surface area contributed by atoms with Crippen LogP contribution in [0.1, 0.15) is 24.8 Å². The molecule has 7 nitrogen and oxygen atoms in total. The lowest BCUT2D eigenvalue weighted by molar-refractivity contribution is -0.154. The summed E-state index contributed by atoms with van der Waals surface area (Å²) in [6.45, 7) is 0. The number of anilines is 1. The summed E-state index contributed by atoms with van der Waals surface area (Å²) in [4.78, 5) is 24.0. The number of nitrogens with two attached hydrogens (primary N) is 1. The molecule has 124 valence electrons. The van der Waals surface area contributed by atoms with Crippen LogP contribution in [0, 0.1) is 5.41 Å². The molecule has 0 radical (unpaired) electrons. The van der Waals surface area contributed by atoms with Gasteiger partial charge < -0.3 is 10.4 Å². The molecule has 1 unspecified atom stereocenters. The van der Waals surface area contributed by atoms with E-state index in [9.17, 15) is 23.1 Å². The van der Waals surface area contributed by atoms with E-state index in [1.807, 2.05) is 6.08 Å². The summed E-state index contributed by atoms with van der Waals surface area (Å²) in [5.41, 5.74) is -0.741. The number of sulfonamides is 1. The van der Waals surface area contributed by atoms with Crippen molar-refractivity contribution in [1.29, 1.82) is 0 Å². The number of carbonyl (C=O) groups excluding carboxylic acids is 1. The SMILES string of the molecule is NS(=O)(=O)Cc1cccc(NC(=O)C2(C(=O)O)CC=CCC2)c1. The molecule has 4 N–H and O–H groups in total. The molecule has 0 heterocycles. The van der Waals surface area contributed by atoms with Gasteiger partial charge in [-0.2, -0.15) is 0 Å². The van der Waals surface area contributed by atoms with Crippen LogP contribution in [0.2, 0.25) is 0 Å². The highest BCUT2D eigenvalue weighted by atomic mass is 32.2. The maximum atomic E-state index is 12.5. The Hall–Kier alpha value is -2.19. The Kier molecular flexibility index (Phi) is 4.86. The van der Waals surface area contributed by atoms with Crippen molar-refractivity contribution < 1.29 is 23.1 Å². The van der Waals surface area contributed by atoms with Gasteiger partial charge in [0, 0.05) is 5.69 Å². The molecule has 0 saturated heterocycles. The van der Waals surface area contributed by atoms with Gasteiger partial charge in [0.15, 0.2) is 0 Å². The number of hydrogen-bond acceptors (Lipinski definition) is 4. The van der Waals surface area contributed by atoms with Crippen LogP contribution in [0.5, 0.6) is 0 Å². The number of amides is 1. The number of primary sulfonamides is 1. The van der Waals surface area contributed by atoms with Crippen molar-refractivity contribution in [2.45, 2.75) is 25.0 Å². The largest absolute Gasteiger partial charge is 0.480 e. The molecule has 0 aromatic heterocycles. The molecule has 1 amide bonds. The fourth-order valence-electron chi connectivity index (χ4n) is 2.55. The molecule has 1 atom stereocenters. The molecular formula is C15H18N2O5S. The van der Waals surface area contributed by atoms with Gasteiger partial charge in [-0.1, -0.05) is 24.3 Å². The van der Waals surface area contributed by atoms with Crippen LogP contribution in [0.3, 0.4) is 0 Å². The maximum absolute atomic E-state index is 12.5. The van der Waals surface area contributed by atoms with Crippen LogP contribution in [0.25, 0.3) is 0 Å². The lowest BCUT2D eigenvalue weighted by Gasteiger charge is -2.29. The standard InChI is InChI=1S/C15H18N2O5S/c16-23(21,22)10-11-5-4-6-12(9-11)17-13(18)15(14(19)20)7-2-1-3-8-15/h1-2,4-6,9H,3,7-8,10H2,(H,17,18)(H,19,20)(H2,16,21,22). The number of carboxylic acid groups (broad SMARTS) is 1. The number of rotatable bonds is 5. The second-order valence-electron chi connectivity index (χ2n) is 5.56. The van der Waals surface area contributed by atoms with Gasteiger partial charge in [-0.3, -0.25) is 9.59 Å². The van der Waals surface area contributed by atoms with Gasteiger partial charge in [-0.15, -0.1) is 0 Å². The van der Waals surface area contributed by atoms with E-state index >= 15 is 0 Å². The van der Waals surface area contributed by atoms with Crippen LogP contribution in [0.4, 0.5) is 5.69 Å². The Morgan fingerprint density at radius 1 is 1.30 bits per heavy atom. The van der Waals surface area contributed by atoms with Crippen LogP contribution >= 0.6 is 0 Å². The number of benzene rings is 1. The van der Waals surface area contributed by atoms with E-state index < -0.39 is 27.3 Å². The predicted octanol–water partition coefficient (Wildman–Crippen LogP) is 1.22. The number of nitrogens with one attached hydrogen (secondary N) is 1. The summed E-state index contributed by atoms with van der Waals surface area (Å²) in [6, 6.07) is 6.18. The quantitative estimate of drug-likeness (QED) is 0.549. The van der Waals surface area contributed by atoms with Crippen molar-refractivity contribution in [1.82, 2.24) is 0 Å². The van der Waals surface area contributed by atoms with Crippen molar-refractivity contribution in [2.75, 3.05) is 5.32 Å². The molecule has 8 heteroatoms. The van der Waals surface area contributed by atoms with Crippen molar-refractivity contribution in [3.63, 3.8) is 0 Å². The fraction of sp³-hybridized carbons (Fsp3) is 0.333. The zero-order chi connectivity index (χ0) is 17.1. The molecule has 1 aromatic rings. The molecule has 0 aliphatic heterocycles. The Labute approximate surface area is 134 Å². The molecule has 0 spiro atoms. The Morgan fingerprint density at radius 3 is 2.61 bits per heavy atom. The minimum Gasteiger partial charge on any atom is -0.480 e. The van der Waals surface area contributed by atoms with Crippen LogP contribution in [-0.2, 0) is 25.4 Å². The average Bonchev–Trinajstić information content (AvgIpc) is 2.46. The van der Waals surface area contributed by atoms with Crippen molar-refractivity contribution in [3.8, 4) is 0 Å². The number of carboxylic acids is 1. The van der Waals surface area contributed by atoms with Crippen LogP contribution < -0.4 is 10.5 Å². The molecule has 2 rings (SSSR count). The van der Waals surface area contributed by atoms with Gasteiger partial charge in [0.1, 0.15) is 5.41 Å². The van der Waals surface area contributed by atoms with E-state index in [4.69, 9.17) is 5.14 Å².